The minimum atomic E-state index is -0.167. The molecule has 3 aromatic heterocycles. The van der Waals surface area contributed by atoms with Crippen molar-refractivity contribution in [1.82, 2.24) is 40.4 Å². The summed E-state index contributed by atoms with van der Waals surface area (Å²) in [7, 11) is 1.52. The second-order valence-corrected chi connectivity index (χ2v) is 9.57. The predicted octanol–water partition coefficient (Wildman–Crippen LogP) is 4.02. The molecular formula is C25H26N8O2. The molecule has 0 radical (unpaired) electrons. The van der Waals surface area contributed by atoms with Crippen LogP contribution in [-0.2, 0) is 13.0 Å². The van der Waals surface area contributed by atoms with Gasteiger partial charge in [0.05, 0.1) is 7.11 Å². The van der Waals surface area contributed by atoms with Gasteiger partial charge in [0.15, 0.2) is 11.3 Å². The van der Waals surface area contributed by atoms with Gasteiger partial charge in [0.25, 0.3) is 11.8 Å². The number of aromatic nitrogens is 8. The molecule has 0 spiro atoms. The molecule has 10 nitrogen and oxygen atoms in total. The number of nitrogens with zero attached hydrogens (tertiary/aromatic N) is 7. The number of hydrogen-bond acceptors (Lipinski definition) is 8. The molecule has 0 aliphatic rings. The van der Waals surface area contributed by atoms with Crippen LogP contribution in [0.1, 0.15) is 32.2 Å². The molecule has 2 aromatic carbocycles. The second kappa shape index (κ2) is 8.79. The molecule has 5 aromatic rings. The third-order valence-electron chi connectivity index (χ3n) is 5.71. The van der Waals surface area contributed by atoms with Gasteiger partial charge in [-0.25, -0.2) is 10.1 Å². The Kier molecular flexibility index (Phi) is 5.64. The molecule has 35 heavy (non-hydrogen) atoms. The van der Waals surface area contributed by atoms with Crippen LogP contribution in [0.15, 0.2) is 48.5 Å². The van der Waals surface area contributed by atoms with E-state index in [1.807, 2.05) is 28.8 Å². The van der Waals surface area contributed by atoms with Crippen LogP contribution in [0.5, 0.6) is 11.8 Å². The van der Waals surface area contributed by atoms with E-state index in [1.54, 1.807) is 0 Å². The van der Waals surface area contributed by atoms with Crippen molar-refractivity contribution in [2.75, 3.05) is 7.11 Å². The van der Waals surface area contributed by atoms with E-state index in [2.05, 4.69) is 75.9 Å². The fourth-order valence-electron chi connectivity index (χ4n) is 4.17. The maximum atomic E-state index is 10.6. The molecule has 0 saturated carbocycles. The fraction of sp³-hybridized carbons (Fsp3) is 0.280. The minimum absolute atomic E-state index is 0.00797. The van der Waals surface area contributed by atoms with Crippen LogP contribution in [0.25, 0.3) is 33.5 Å². The molecule has 0 aliphatic carbocycles. The summed E-state index contributed by atoms with van der Waals surface area (Å²) in [4.78, 5) is 4.78. The number of tetrazole rings is 1. The maximum Gasteiger partial charge on any atom is 0.261 e. The maximum absolute atomic E-state index is 10.6. The average molecular weight is 471 g/mol. The summed E-state index contributed by atoms with van der Waals surface area (Å²) in [5.74, 6) is 1.58. The van der Waals surface area contributed by atoms with Crippen LogP contribution in [0.2, 0.25) is 0 Å². The Hall–Kier alpha value is -4.34. The van der Waals surface area contributed by atoms with Crippen molar-refractivity contribution in [3.8, 4) is 34.3 Å². The first-order valence-corrected chi connectivity index (χ1v) is 11.3. The first-order chi connectivity index (χ1) is 16.8. The number of aromatic amines is 1. The summed E-state index contributed by atoms with van der Waals surface area (Å²) in [5, 5.41) is 32.7. The number of nitrogens with one attached hydrogen (secondary N) is 1. The molecule has 178 valence electrons. The smallest absolute Gasteiger partial charge is 0.261 e. The lowest BCUT2D eigenvalue weighted by molar-refractivity contribution is 0.387. The minimum Gasteiger partial charge on any atom is -0.491 e. The van der Waals surface area contributed by atoms with Gasteiger partial charge in [-0.15, -0.1) is 15.3 Å². The summed E-state index contributed by atoms with van der Waals surface area (Å²) in [5.41, 5.74) is 5.06. The Morgan fingerprint density at radius 1 is 0.971 bits per heavy atom. The zero-order chi connectivity index (χ0) is 24.6. The Bertz CT molecular complexity index is 1470. The number of H-pyrrole nitrogens is 1. The van der Waals surface area contributed by atoms with Crippen molar-refractivity contribution in [2.24, 2.45) is 5.41 Å². The van der Waals surface area contributed by atoms with E-state index in [4.69, 9.17) is 9.72 Å². The number of ether oxygens (including phenoxy) is 1. The molecule has 2 N–H and O–H groups in total. The number of imidazole rings is 1. The lowest BCUT2D eigenvalue weighted by Crippen LogP contribution is -2.15. The molecule has 0 amide bonds. The van der Waals surface area contributed by atoms with Crippen LogP contribution in [-0.4, -0.2) is 52.6 Å². The highest BCUT2D eigenvalue weighted by molar-refractivity contribution is 5.85. The van der Waals surface area contributed by atoms with Gasteiger partial charge in [0, 0.05) is 18.5 Å². The van der Waals surface area contributed by atoms with E-state index in [0.717, 1.165) is 28.1 Å². The first kappa shape index (κ1) is 22.5. The molecule has 3 heterocycles. The van der Waals surface area contributed by atoms with Crippen LogP contribution in [0.4, 0.5) is 0 Å². The van der Waals surface area contributed by atoms with Gasteiger partial charge in [-0.3, -0.25) is 0 Å². The molecule has 0 unspecified atom stereocenters. The quantitative estimate of drug-likeness (QED) is 0.381. The summed E-state index contributed by atoms with van der Waals surface area (Å²) in [6.07, 6.45) is 0.709. The molecule has 5 rings (SSSR count). The van der Waals surface area contributed by atoms with Gasteiger partial charge in [0.1, 0.15) is 11.3 Å². The van der Waals surface area contributed by atoms with Gasteiger partial charge in [-0.1, -0.05) is 69.3 Å². The third-order valence-corrected chi connectivity index (χ3v) is 5.71. The van der Waals surface area contributed by atoms with E-state index in [0.29, 0.717) is 35.7 Å². The van der Waals surface area contributed by atoms with E-state index in [1.165, 1.54) is 7.11 Å². The Morgan fingerprint density at radius 2 is 1.71 bits per heavy atom. The van der Waals surface area contributed by atoms with Crippen molar-refractivity contribution in [2.45, 2.75) is 33.7 Å². The predicted molar refractivity (Wildman–Crippen MR) is 131 cm³/mol. The van der Waals surface area contributed by atoms with Gasteiger partial charge >= 0.3 is 0 Å². The van der Waals surface area contributed by atoms with Crippen molar-refractivity contribution in [1.29, 1.82) is 0 Å². The standard InChI is InChI=1S/C25H26N8O2/c1-25(2,3)13-19-26-20-21(23(34)29-30-24(20)35-4)33(19)14-15-9-11-16(12-10-15)17-7-5-6-8-18(17)22-27-31-32-28-22/h5-12H,13-14H2,1-4H3,(H,29,34)(H,27,28,31,32). The number of methoxy groups -OCH3 is 1. The van der Waals surface area contributed by atoms with Crippen LogP contribution in [0, 0.1) is 5.41 Å². The highest BCUT2D eigenvalue weighted by Gasteiger charge is 2.23. The monoisotopic (exact) mass is 470 g/mol. The summed E-state index contributed by atoms with van der Waals surface area (Å²) in [6.45, 7) is 6.97. The number of rotatable bonds is 6. The Balaban J connectivity index is 1.54. The van der Waals surface area contributed by atoms with Gasteiger partial charge in [0.2, 0.25) is 0 Å². The van der Waals surface area contributed by atoms with E-state index in [9.17, 15) is 5.11 Å². The molecule has 0 atom stereocenters. The van der Waals surface area contributed by atoms with Gasteiger partial charge in [-0.2, -0.15) is 0 Å². The molecule has 0 aliphatic heterocycles. The normalized spacial score (nSPS) is 11.8. The summed E-state index contributed by atoms with van der Waals surface area (Å²) in [6, 6.07) is 16.3. The van der Waals surface area contributed by atoms with Gasteiger partial charge < -0.3 is 14.4 Å². The highest BCUT2D eigenvalue weighted by Crippen LogP contribution is 2.33. The largest absolute Gasteiger partial charge is 0.491 e. The number of benzene rings is 2. The second-order valence-electron chi connectivity index (χ2n) is 9.57. The van der Waals surface area contributed by atoms with Crippen LogP contribution < -0.4 is 4.74 Å². The van der Waals surface area contributed by atoms with Crippen molar-refractivity contribution in [3.05, 3.63) is 59.9 Å². The first-order valence-electron chi connectivity index (χ1n) is 11.3. The van der Waals surface area contributed by atoms with E-state index in [-0.39, 0.29) is 11.3 Å². The highest BCUT2D eigenvalue weighted by atomic mass is 16.5. The topological polar surface area (TPSA) is 128 Å². The van der Waals surface area contributed by atoms with Crippen LogP contribution >= 0.6 is 0 Å². The average Bonchev–Trinajstić information content (AvgIpc) is 3.48. The van der Waals surface area contributed by atoms with Crippen molar-refractivity contribution < 1.29 is 9.84 Å². The lowest BCUT2D eigenvalue weighted by atomic mass is 9.92. The lowest BCUT2D eigenvalue weighted by Gasteiger charge is -2.19. The molecule has 10 heteroatoms. The zero-order valence-electron chi connectivity index (χ0n) is 20.0. The SMILES string of the molecule is COc1nnc(O)c2c1nc(CC(C)(C)C)n2Cc1ccc(-c2ccccc2-c2nnn[nH]2)cc1. The molecule has 0 fully saturated rings. The van der Waals surface area contributed by atoms with Crippen molar-refractivity contribution >= 4 is 11.0 Å². The van der Waals surface area contributed by atoms with Crippen LogP contribution in [0.3, 0.4) is 0 Å². The molecular weight excluding hydrogens is 444 g/mol. The van der Waals surface area contributed by atoms with E-state index < -0.39 is 0 Å². The molecule has 0 saturated heterocycles. The number of fused-ring (bicyclic) bond motifs is 1. The molecule has 0 bridgehead atoms. The van der Waals surface area contributed by atoms with E-state index >= 15 is 0 Å². The number of aromatic hydroxyl groups is 1. The van der Waals surface area contributed by atoms with Crippen molar-refractivity contribution in [3.63, 3.8) is 0 Å². The third kappa shape index (κ3) is 4.42. The summed E-state index contributed by atoms with van der Waals surface area (Å²) < 4.78 is 7.36. The zero-order valence-corrected chi connectivity index (χ0v) is 20.0. The number of hydrogen-bond donors (Lipinski definition) is 2. The summed E-state index contributed by atoms with van der Waals surface area (Å²) >= 11 is 0. The fourth-order valence-corrected chi connectivity index (χ4v) is 4.17. The Morgan fingerprint density at radius 3 is 2.37 bits per heavy atom. The van der Waals surface area contributed by atoms with Gasteiger partial charge in [-0.05, 0) is 32.5 Å². The Labute approximate surface area is 202 Å².